The summed E-state index contributed by atoms with van der Waals surface area (Å²) in [5.41, 5.74) is 1.53. The Labute approximate surface area is 168 Å². The van der Waals surface area contributed by atoms with Crippen LogP contribution in [0.1, 0.15) is 36.2 Å². The van der Waals surface area contributed by atoms with Crippen molar-refractivity contribution in [1.82, 2.24) is 9.21 Å². The molecule has 2 atom stereocenters. The molecule has 0 N–H and O–H groups in total. The third-order valence-corrected chi connectivity index (χ3v) is 7.03. The minimum absolute atomic E-state index is 0.131. The first-order valence-corrected chi connectivity index (χ1v) is 11.1. The van der Waals surface area contributed by atoms with Crippen molar-refractivity contribution >= 4 is 15.9 Å². The highest BCUT2D eigenvalue weighted by Gasteiger charge is 2.31. The molecular formula is C22H28N2O3S. The maximum Gasteiger partial charge on any atom is 0.253 e. The Kier molecular flexibility index (Phi) is 6.20. The lowest BCUT2D eigenvalue weighted by Crippen LogP contribution is -2.42. The first-order chi connectivity index (χ1) is 13.3. The fourth-order valence-corrected chi connectivity index (χ4v) is 5.55. The Morgan fingerprint density at radius 2 is 1.57 bits per heavy atom. The number of sulfonamides is 1. The van der Waals surface area contributed by atoms with E-state index >= 15 is 0 Å². The Bertz CT molecular complexity index is 901. The van der Waals surface area contributed by atoms with Crippen molar-refractivity contribution in [3.8, 4) is 0 Å². The van der Waals surface area contributed by atoms with E-state index in [9.17, 15) is 13.2 Å². The highest BCUT2D eigenvalue weighted by molar-refractivity contribution is 7.89. The van der Waals surface area contributed by atoms with Gasteiger partial charge in [-0.2, -0.15) is 4.31 Å². The molecule has 0 aliphatic carbocycles. The molecule has 0 bridgehead atoms. The van der Waals surface area contributed by atoms with Crippen molar-refractivity contribution in [3.63, 3.8) is 0 Å². The van der Waals surface area contributed by atoms with Crippen molar-refractivity contribution in [1.29, 1.82) is 0 Å². The van der Waals surface area contributed by atoms with Crippen molar-refractivity contribution < 1.29 is 13.2 Å². The summed E-state index contributed by atoms with van der Waals surface area (Å²) in [4.78, 5) is 14.5. The van der Waals surface area contributed by atoms with E-state index in [-0.39, 0.29) is 10.8 Å². The molecule has 0 spiro atoms. The SMILES string of the molecule is C[C@@H]1C[C@@H](C)CN(S(=O)(=O)c2ccc(C(=O)N(C)Cc3ccccc3)cc2)C1. The fraction of sp³-hybridized carbons (Fsp3) is 0.409. The second-order valence-corrected chi connectivity index (χ2v) is 9.88. The van der Waals surface area contributed by atoms with Crippen molar-refractivity contribution in [2.45, 2.75) is 31.7 Å². The van der Waals surface area contributed by atoms with Crippen LogP contribution in [0.4, 0.5) is 0 Å². The van der Waals surface area contributed by atoms with Gasteiger partial charge in [-0.25, -0.2) is 8.42 Å². The number of piperidine rings is 1. The van der Waals surface area contributed by atoms with Gasteiger partial charge in [0.2, 0.25) is 10.0 Å². The molecule has 1 heterocycles. The molecule has 1 saturated heterocycles. The predicted molar refractivity (Wildman–Crippen MR) is 110 cm³/mol. The molecule has 3 rings (SSSR count). The maximum absolute atomic E-state index is 13.0. The number of amides is 1. The molecule has 150 valence electrons. The van der Waals surface area contributed by atoms with Crippen LogP contribution >= 0.6 is 0 Å². The largest absolute Gasteiger partial charge is 0.337 e. The lowest BCUT2D eigenvalue weighted by atomic mass is 9.94. The zero-order chi connectivity index (χ0) is 20.3. The third-order valence-electron chi connectivity index (χ3n) is 5.18. The predicted octanol–water partition coefficient (Wildman–Crippen LogP) is 3.63. The summed E-state index contributed by atoms with van der Waals surface area (Å²) in [6.07, 6.45) is 1.05. The monoisotopic (exact) mass is 400 g/mol. The second kappa shape index (κ2) is 8.45. The molecule has 1 aliphatic rings. The molecule has 28 heavy (non-hydrogen) atoms. The standard InChI is InChI=1S/C22H28N2O3S/c1-17-13-18(2)15-24(14-17)28(26,27)21-11-9-20(10-12-21)22(25)23(3)16-19-7-5-4-6-8-19/h4-12,17-18H,13-16H2,1-3H3/t17-,18-/m1/s1. The second-order valence-electron chi connectivity index (χ2n) is 7.94. The van der Waals surface area contributed by atoms with Crippen molar-refractivity contribution in [3.05, 3.63) is 65.7 Å². The molecule has 2 aromatic carbocycles. The van der Waals surface area contributed by atoms with E-state index in [0.29, 0.717) is 37.0 Å². The number of carbonyl (C=O) groups excluding carboxylic acids is 1. The molecule has 0 aromatic heterocycles. The Morgan fingerprint density at radius 1 is 1.00 bits per heavy atom. The van der Waals surface area contributed by atoms with Gasteiger partial charge in [-0.05, 0) is 48.1 Å². The lowest BCUT2D eigenvalue weighted by Gasteiger charge is -2.34. The van der Waals surface area contributed by atoms with Gasteiger partial charge in [0.25, 0.3) is 5.91 Å². The van der Waals surface area contributed by atoms with Gasteiger partial charge in [-0.3, -0.25) is 4.79 Å². The van der Waals surface area contributed by atoms with E-state index in [4.69, 9.17) is 0 Å². The van der Waals surface area contributed by atoms with Crippen LogP contribution in [0.5, 0.6) is 0 Å². The minimum Gasteiger partial charge on any atom is -0.337 e. The molecule has 5 nitrogen and oxygen atoms in total. The highest BCUT2D eigenvalue weighted by atomic mass is 32.2. The van der Waals surface area contributed by atoms with E-state index < -0.39 is 10.0 Å². The topological polar surface area (TPSA) is 57.7 Å². The number of benzene rings is 2. The van der Waals surface area contributed by atoms with Gasteiger partial charge in [0, 0.05) is 32.2 Å². The lowest BCUT2D eigenvalue weighted by molar-refractivity contribution is 0.0785. The molecule has 0 saturated carbocycles. The number of rotatable bonds is 5. The molecule has 2 aromatic rings. The smallest absolute Gasteiger partial charge is 0.253 e. The first-order valence-electron chi connectivity index (χ1n) is 9.67. The van der Waals surface area contributed by atoms with Gasteiger partial charge in [0.15, 0.2) is 0 Å². The van der Waals surface area contributed by atoms with Gasteiger partial charge in [0.05, 0.1) is 4.90 Å². The summed E-state index contributed by atoms with van der Waals surface area (Å²) in [5, 5.41) is 0. The number of nitrogens with zero attached hydrogens (tertiary/aromatic N) is 2. The summed E-state index contributed by atoms with van der Waals surface area (Å²) in [6.45, 7) is 5.77. The van der Waals surface area contributed by atoms with Crippen LogP contribution < -0.4 is 0 Å². The first kappa shape index (κ1) is 20.6. The summed E-state index contributed by atoms with van der Waals surface area (Å²) < 4.78 is 27.5. The van der Waals surface area contributed by atoms with Crippen LogP contribution in [0.3, 0.4) is 0 Å². The van der Waals surface area contributed by atoms with Crippen LogP contribution in [-0.4, -0.2) is 43.7 Å². The van der Waals surface area contributed by atoms with E-state index in [1.165, 1.54) is 0 Å². The minimum atomic E-state index is -3.53. The number of hydrogen-bond donors (Lipinski definition) is 0. The van der Waals surface area contributed by atoms with Gasteiger partial charge in [-0.1, -0.05) is 44.2 Å². The maximum atomic E-state index is 13.0. The molecule has 1 amide bonds. The zero-order valence-corrected chi connectivity index (χ0v) is 17.5. The van der Waals surface area contributed by atoms with Gasteiger partial charge >= 0.3 is 0 Å². The molecule has 1 aliphatic heterocycles. The van der Waals surface area contributed by atoms with E-state index in [1.807, 2.05) is 30.3 Å². The van der Waals surface area contributed by atoms with E-state index in [0.717, 1.165) is 12.0 Å². The normalized spacial score (nSPS) is 20.7. The van der Waals surface area contributed by atoms with Gasteiger partial charge in [-0.15, -0.1) is 0 Å². The Balaban J connectivity index is 1.72. The van der Waals surface area contributed by atoms with Gasteiger partial charge in [0.1, 0.15) is 0 Å². The molecule has 0 radical (unpaired) electrons. The summed E-state index contributed by atoms with van der Waals surface area (Å²) in [7, 11) is -1.78. The van der Waals surface area contributed by atoms with E-state index in [1.54, 1.807) is 40.5 Å². The van der Waals surface area contributed by atoms with Crippen LogP contribution in [0.15, 0.2) is 59.5 Å². The molecule has 0 unspecified atom stereocenters. The number of hydrogen-bond acceptors (Lipinski definition) is 3. The van der Waals surface area contributed by atoms with E-state index in [2.05, 4.69) is 13.8 Å². The third kappa shape index (κ3) is 4.62. The quantitative estimate of drug-likeness (QED) is 0.770. The zero-order valence-electron chi connectivity index (χ0n) is 16.7. The summed E-state index contributed by atoms with van der Waals surface area (Å²) in [6, 6.07) is 16.1. The molecular weight excluding hydrogens is 372 g/mol. The van der Waals surface area contributed by atoms with Crippen LogP contribution in [0.25, 0.3) is 0 Å². The average Bonchev–Trinajstić information content (AvgIpc) is 2.67. The van der Waals surface area contributed by atoms with Crippen LogP contribution in [0.2, 0.25) is 0 Å². The Hall–Kier alpha value is -2.18. The molecule has 1 fully saturated rings. The summed E-state index contributed by atoms with van der Waals surface area (Å²) in [5.74, 6) is 0.574. The van der Waals surface area contributed by atoms with Crippen LogP contribution in [0, 0.1) is 11.8 Å². The number of carbonyl (C=O) groups is 1. The fourth-order valence-electron chi connectivity index (χ4n) is 3.87. The summed E-state index contributed by atoms with van der Waals surface area (Å²) >= 11 is 0. The molecule has 6 heteroatoms. The Morgan fingerprint density at radius 3 is 2.14 bits per heavy atom. The van der Waals surface area contributed by atoms with Crippen molar-refractivity contribution in [2.75, 3.05) is 20.1 Å². The van der Waals surface area contributed by atoms with Crippen molar-refractivity contribution in [2.24, 2.45) is 11.8 Å². The average molecular weight is 401 g/mol. The van der Waals surface area contributed by atoms with Gasteiger partial charge < -0.3 is 4.90 Å². The van der Waals surface area contributed by atoms with Crippen LogP contribution in [-0.2, 0) is 16.6 Å². The highest BCUT2D eigenvalue weighted by Crippen LogP contribution is 2.26.